The predicted octanol–water partition coefficient (Wildman–Crippen LogP) is 2.58. The molecule has 1 saturated heterocycles. The van der Waals surface area contributed by atoms with Gasteiger partial charge >= 0.3 is 0 Å². The number of nitrogens with zero attached hydrogens (tertiary/aromatic N) is 5. The van der Waals surface area contributed by atoms with Crippen molar-refractivity contribution >= 4 is 16.8 Å². The van der Waals surface area contributed by atoms with E-state index in [-0.39, 0.29) is 34.8 Å². The Kier molecular flexibility index (Phi) is 4.92. The van der Waals surface area contributed by atoms with Gasteiger partial charge in [-0.25, -0.2) is 9.67 Å². The Bertz CT molecular complexity index is 1270. The van der Waals surface area contributed by atoms with Crippen molar-refractivity contribution in [2.75, 3.05) is 6.54 Å². The molecule has 0 N–H and O–H groups in total. The van der Waals surface area contributed by atoms with Crippen molar-refractivity contribution < 1.29 is 4.79 Å². The monoisotopic (exact) mass is 419 g/mol. The van der Waals surface area contributed by atoms with Crippen LogP contribution in [0.2, 0.25) is 0 Å². The number of carbonyl (C=O) groups excluding carboxylic acids is 1. The molecule has 160 valence electrons. The molecule has 1 aliphatic heterocycles. The first kappa shape index (κ1) is 19.7. The molecule has 8 heteroatoms. The molecule has 0 radical (unpaired) electrons. The van der Waals surface area contributed by atoms with Crippen LogP contribution in [0.3, 0.4) is 0 Å². The van der Waals surface area contributed by atoms with Crippen LogP contribution in [0.4, 0.5) is 0 Å². The Hall–Kier alpha value is -3.29. The van der Waals surface area contributed by atoms with Crippen LogP contribution in [0.15, 0.2) is 46.0 Å². The Morgan fingerprint density at radius 3 is 2.55 bits per heavy atom. The zero-order chi connectivity index (χ0) is 21.5. The lowest BCUT2D eigenvalue weighted by Crippen LogP contribution is -2.37. The third-order valence-corrected chi connectivity index (χ3v) is 6.52. The first-order valence-corrected chi connectivity index (χ1v) is 10.9. The maximum atomic E-state index is 13.5. The number of carbonyl (C=O) groups is 1. The van der Waals surface area contributed by atoms with Gasteiger partial charge in [-0.1, -0.05) is 25.0 Å². The normalized spacial score (nSPS) is 19.4. The largest absolute Gasteiger partial charge is 0.327 e. The molecular formula is C23H25N5O3. The number of para-hydroxylation sites is 1. The van der Waals surface area contributed by atoms with Crippen LogP contribution < -0.4 is 11.1 Å². The average Bonchev–Trinajstić information content (AvgIpc) is 3.47. The minimum Gasteiger partial charge on any atom is -0.327 e. The van der Waals surface area contributed by atoms with Crippen LogP contribution in [0.1, 0.15) is 66.9 Å². The van der Waals surface area contributed by atoms with Crippen LogP contribution in [0.25, 0.3) is 10.9 Å². The highest BCUT2D eigenvalue weighted by Gasteiger charge is 2.36. The summed E-state index contributed by atoms with van der Waals surface area (Å²) in [6.07, 6.45) is 5.67. The number of aromatic nitrogens is 4. The molecular weight excluding hydrogens is 394 g/mol. The van der Waals surface area contributed by atoms with Crippen molar-refractivity contribution in [3.8, 4) is 0 Å². The van der Waals surface area contributed by atoms with Gasteiger partial charge in [0.1, 0.15) is 11.5 Å². The summed E-state index contributed by atoms with van der Waals surface area (Å²) in [5.74, 6) is 0.435. The highest BCUT2D eigenvalue weighted by molar-refractivity contribution is 5.92. The standard InChI is InChI=1S/C23H25N5O3/c1-26-20(29)13-12-18(25-26)23(31)27-14-6-11-19(27)21-24-17-10-5-4-9-16(17)22(30)28(21)15-7-2-3-8-15/h4-5,9-10,12-13,15,19H,2-3,6-8,11,14H2,1H3. The van der Waals surface area contributed by atoms with Gasteiger partial charge in [0.05, 0.1) is 16.9 Å². The highest BCUT2D eigenvalue weighted by Crippen LogP contribution is 2.36. The van der Waals surface area contributed by atoms with E-state index >= 15 is 0 Å². The zero-order valence-corrected chi connectivity index (χ0v) is 17.5. The first-order chi connectivity index (χ1) is 15.0. The molecule has 2 fully saturated rings. The zero-order valence-electron chi connectivity index (χ0n) is 17.5. The molecule has 2 aliphatic rings. The van der Waals surface area contributed by atoms with E-state index in [4.69, 9.17) is 4.98 Å². The summed E-state index contributed by atoms with van der Waals surface area (Å²) in [6, 6.07) is 10.1. The van der Waals surface area contributed by atoms with Crippen molar-refractivity contribution in [2.45, 2.75) is 50.6 Å². The highest BCUT2D eigenvalue weighted by atomic mass is 16.2. The van der Waals surface area contributed by atoms with E-state index in [1.54, 1.807) is 4.90 Å². The summed E-state index contributed by atoms with van der Waals surface area (Å²) >= 11 is 0. The molecule has 1 unspecified atom stereocenters. The van der Waals surface area contributed by atoms with Crippen LogP contribution in [-0.2, 0) is 7.05 Å². The maximum Gasteiger partial charge on any atom is 0.274 e. The maximum absolute atomic E-state index is 13.5. The smallest absolute Gasteiger partial charge is 0.274 e. The van der Waals surface area contributed by atoms with Crippen molar-refractivity contribution in [3.63, 3.8) is 0 Å². The molecule has 0 bridgehead atoms. The van der Waals surface area contributed by atoms with Crippen LogP contribution >= 0.6 is 0 Å². The minimum absolute atomic E-state index is 0.0213. The van der Waals surface area contributed by atoms with E-state index in [1.807, 2.05) is 28.8 Å². The molecule has 31 heavy (non-hydrogen) atoms. The summed E-state index contributed by atoms with van der Waals surface area (Å²) in [7, 11) is 1.53. The van der Waals surface area contributed by atoms with Crippen molar-refractivity contribution in [1.82, 2.24) is 24.2 Å². The third kappa shape index (κ3) is 3.36. The Balaban J connectivity index is 1.62. The minimum atomic E-state index is -0.288. The van der Waals surface area contributed by atoms with E-state index in [1.165, 1.54) is 23.9 Å². The number of hydrogen-bond acceptors (Lipinski definition) is 5. The van der Waals surface area contributed by atoms with Gasteiger partial charge < -0.3 is 4.90 Å². The van der Waals surface area contributed by atoms with Gasteiger partial charge in [0.2, 0.25) is 0 Å². The second-order valence-corrected chi connectivity index (χ2v) is 8.44. The lowest BCUT2D eigenvalue weighted by Gasteiger charge is -2.28. The number of hydrogen-bond donors (Lipinski definition) is 0. The van der Waals surface area contributed by atoms with Crippen molar-refractivity contribution in [2.24, 2.45) is 7.05 Å². The molecule has 3 heterocycles. The van der Waals surface area contributed by atoms with Crippen molar-refractivity contribution in [3.05, 3.63) is 68.6 Å². The van der Waals surface area contributed by atoms with E-state index in [0.29, 0.717) is 23.3 Å². The molecule has 1 saturated carbocycles. The average molecular weight is 419 g/mol. The predicted molar refractivity (Wildman–Crippen MR) is 116 cm³/mol. The lowest BCUT2D eigenvalue weighted by atomic mass is 10.1. The van der Waals surface area contributed by atoms with Gasteiger partial charge in [-0.2, -0.15) is 5.10 Å². The fourth-order valence-electron chi connectivity index (χ4n) is 4.96. The molecule has 1 atom stereocenters. The summed E-state index contributed by atoms with van der Waals surface area (Å²) in [5, 5.41) is 4.76. The molecule has 2 aromatic heterocycles. The molecule has 0 spiro atoms. The summed E-state index contributed by atoms with van der Waals surface area (Å²) < 4.78 is 3.03. The molecule has 1 amide bonds. The second kappa shape index (κ2) is 7.76. The second-order valence-electron chi connectivity index (χ2n) is 8.44. The molecule has 3 aromatic rings. The van der Waals surface area contributed by atoms with Crippen LogP contribution in [0, 0.1) is 0 Å². The molecule has 1 aromatic carbocycles. The quantitative estimate of drug-likeness (QED) is 0.651. The van der Waals surface area contributed by atoms with Gasteiger partial charge in [0.25, 0.3) is 17.0 Å². The Labute approximate surface area is 179 Å². The number of likely N-dealkylation sites (tertiary alicyclic amines) is 1. The number of benzene rings is 1. The SMILES string of the molecule is Cn1nc(C(=O)N2CCCC2c2nc3ccccc3c(=O)n2C2CCCC2)ccc1=O. The van der Waals surface area contributed by atoms with Crippen LogP contribution in [0.5, 0.6) is 0 Å². The van der Waals surface area contributed by atoms with Gasteiger partial charge in [-0.15, -0.1) is 0 Å². The number of aryl methyl sites for hydroxylation is 1. The molecule has 8 nitrogen and oxygen atoms in total. The lowest BCUT2D eigenvalue weighted by molar-refractivity contribution is 0.0716. The van der Waals surface area contributed by atoms with Gasteiger partial charge in [0, 0.05) is 25.7 Å². The summed E-state index contributed by atoms with van der Waals surface area (Å²) in [5.41, 5.74) is 0.605. The Morgan fingerprint density at radius 2 is 1.77 bits per heavy atom. The third-order valence-electron chi connectivity index (χ3n) is 6.52. The number of amides is 1. The molecule has 5 rings (SSSR count). The first-order valence-electron chi connectivity index (χ1n) is 10.9. The topological polar surface area (TPSA) is 90.1 Å². The van der Waals surface area contributed by atoms with Crippen molar-refractivity contribution in [1.29, 1.82) is 0 Å². The number of fused-ring (bicyclic) bond motifs is 1. The summed E-state index contributed by atoms with van der Waals surface area (Å²) in [4.78, 5) is 45.2. The van der Waals surface area contributed by atoms with E-state index in [0.717, 1.165) is 38.5 Å². The summed E-state index contributed by atoms with van der Waals surface area (Å²) in [6.45, 7) is 0.571. The number of rotatable bonds is 3. The fraction of sp³-hybridized carbons (Fsp3) is 0.435. The Morgan fingerprint density at radius 1 is 1.00 bits per heavy atom. The van der Waals surface area contributed by atoms with Gasteiger partial charge in [-0.05, 0) is 43.9 Å². The van der Waals surface area contributed by atoms with E-state index in [2.05, 4.69) is 5.10 Å². The van der Waals surface area contributed by atoms with Gasteiger partial charge in [-0.3, -0.25) is 19.0 Å². The van der Waals surface area contributed by atoms with Crippen LogP contribution in [-0.4, -0.2) is 36.7 Å². The fourth-order valence-corrected chi connectivity index (χ4v) is 4.96. The van der Waals surface area contributed by atoms with E-state index in [9.17, 15) is 14.4 Å². The van der Waals surface area contributed by atoms with E-state index < -0.39 is 0 Å². The molecule has 1 aliphatic carbocycles. The van der Waals surface area contributed by atoms with Gasteiger partial charge in [0.15, 0.2) is 0 Å².